The fraction of sp³-hybridized carbons (Fsp3) is 0.500. The van der Waals surface area contributed by atoms with Gasteiger partial charge in [0.2, 0.25) is 0 Å². The third-order valence-corrected chi connectivity index (χ3v) is 5.16. The van der Waals surface area contributed by atoms with Crippen LogP contribution >= 0.6 is 10.7 Å². The van der Waals surface area contributed by atoms with Crippen molar-refractivity contribution >= 4 is 25.6 Å². The molecule has 0 bridgehead atoms. The molecule has 1 saturated carbocycles. The zero-order valence-corrected chi connectivity index (χ0v) is 13.2. The van der Waals surface area contributed by atoms with Gasteiger partial charge in [0.15, 0.2) is 0 Å². The van der Waals surface area contributed by atoms with Crippen molar-refractivity contribution in [1.29, 1.82) is 0 Å². The van der Waals surface area contributed by atoms with Gasteiger partial charge in [-0.3, -0.25) is 4.79 Å². The number of carbonyl (C=O) groups excluding carboxylic acids is 1. The van der Waals surface area contributed by atoms with E-state index in [1.807, 2.05) is 0 Å². The summed E-state index contributed by atoms with van der Waals surface area (Å²) in [5.74, 6) is 0.527. The first kappa shape index (κ1) is 15.3. The lowest BCUT2D eigenvalue weighted by Gasteiger charge is -2.30. The van der Waals surface area contributed by atoms with Crippen LogP contribution in [0.2, 0.25) is 0 Å². The summed E-state index contributed by atoms with van der Waals surface area (Å²) >= 11 is 0. The molecule has 0 atom stereocenters. The van der Waals surface area contributed by atoms with Crippen LogP contribution in [0.25, 0.3) is 0 Å². The number of rotatable bonds is 4. The van der Waals surface area contributed by atoms with Crippen molar-refractivity contribution in [3.63, 3.8) is 0 Å². The van der Waals surface area contributed by atoms with E-state index in [-0.39, 0.29) is 10.8 Å². The number of halogens is 1. The lowest BCUT2D eigenvalue weighted by molar-refractivity contribution is 0.0744. The number of hydrogen-bond donors (Lipinski definition) is 0. The van der Waals surface area contributed by atoms with Crippen LogP contribution in [0.15, 0.2) is 23.1 Å². The molecule has 1 aromatic carbocycles. The molecular weight excluding hydrogens is 298 g/mol. The Bertz CT molecular complexity index is 623. The molecular formula is C14H18ClNO3S. The van der Waals surface area contributed by atoms with E-state index >= 15 is 0 Å². The van der Waals surface area contributed by atoms with E-state index in [0.717, 1.165) is 6.54 Å². The van der Waals surface area contributed by atoms with E-state index in [4.69, 9.17) is 10.7 Å². The summed E-state index contributed by atoms with van der Waals surface area (Å²) in [5, 5.41) is 0. The Kier molecular flexibility index (Phi) is 4.39. The second kappa shape index (κ2) is 5.74. The highest BCUT2D eigenvalue weighted by atomic mass is 35.7. The lowest BCUT2D eigenvalue weighted by Crippen LogP contribution is -2.34. The molecule has 2 rings (SSSR count). The average Bonchev–Trinajstić information content (AvgIpc) is 2.31. The lowest BCUT2D eigenvalue weighted by atomic mass is 9.85. The molecule has 20 heavy (non-hydrogen) atoms. The van der Waals surface area contributed by atoms with Gasteiger partial charge < -0.3 is 4.90 Å². The molecule has 0 unspecified atom stereocenters. The number of nitrogens with zero attached hydrogens (tertiary/aromatic N) is 1. The summed E-state index contributed by atoms with van der Waals surface area (Å²) in [7, 11) is 3.33. The van der Waals surface area contributed by atoms with Crippen molar-refractivity contribution < 1.29 is 13.2 Å². The van der Waals surface area contributed by atoms with Crippen LogP contribution in [0.1, 0.15) is 35.2 Å². The van der Waals surface area contributed by atoms with E-state index in [1.54, 1.807) is 18.9 Å². The molecule has 0 aromatic heterocycles. The molecule has 1 amide bonds. The first-order valence-electron chi connectivity index (χ1n) is 6.60. The van der Waals surface area contributed by atoms with E-state index in [0.29, 0.717) is 17.0 Å². The molecule has 110 valence electrons. The smallest absolute Gasteiger partial charge is 0.261 e. The first-order valence-corrected chi connectivity index (χ1v) is 8.91. The summed E-state index contributed by atoms with van der Waals surface area (Å²) in [5.41, 5.74) is 1.15. The molecule has 0 radical (unpaired) electrons. The minimum atomic E-state index is -3.75. The Morgan fingerprint density at radius 3 is 2.50 bits per heavy atom. The molecule has 0 aliphatic heterocycles. The minimum Gasteiger partial charge on any atom is -0.341 e. The van der Waals surface area contributed by atoms with E-state index in [9.17, 15) is 13.2 Å². The van der Waals surface area contributed by atoms with Crippen molar-refractivity contribution in [1.82, 2.24) is 4.90 Å². The Hall–Kier alpha value is -1.07. The molecule has 0 spiro atoms. The number of benzene rings is 1. The Morgan fingerprint density at radius 1 is 1.40 bits per heavy atom. The van der Waals surface area contributed by atoms with Gasteiger partial charge in [-0.05, 0) is 49.4 Å². The maximum absolute atomic E-state index is 12.3. The second-order valence-corrected chi connectivity index (χ2v) is 7.96. The SMILES string of the molecule is Cc1cc(S(=O)(=O)Cl)ccc1C(=O)N(C)CC1CCC1. The maximum Gasteiger partial charge on any atom is 0.261 e. The van der Waals surface area contributed by atoms with Crippen LogP contribution in [0.3, 0.4) is 0 Å². The molecule has 0 heterocycles. The van der Waals surface area contributed by atoms with Crippen molar-refractivity contribution in [3.05, 3.63) is 29.3 Å². The van der Waals surface area contributed by atoms with Crippen LogP contribution in [0.5, 0.6) is 0 Å². The summed E-state index contributed by atoms with van der Waals surface area (Å²) in [6.07, 6.45) is 3.61. The van der Waals surface area contributed by atoms with Crippen LogP contribution < -0.4 is 0 Å². The summed E-state index contributed by atoms with van der Waals surface area (Å²) < 4.78 is 22.5. The summed E-state index contributed by atoms with van der Waals surface area (Å²) in [4.78, 5) is 14.1. The third-order valence-electron chi connectivity index (χ3n) is 3.81. The Balaban J connectivity index is 2.17. The quantitative estimate of drug-likeness (QED) is 0.803. The predicted molar refractivity (Wildman–Crippen MR) is 78.5 cm³/mol. The number of aryl methyl sites for hydroxylation is 1. The summed E-state index contributed by atoms with van der Waals surface area (Å²) in [6, 6.07) is 4.34. The fourth-order valence-corrected chi connectivity index (χ4v) is 3.22. The largest absolute Gasteiger partial charge is 0.341 e. The van der Waals surface area contributed by atoms with Crippen LogP contribution in [0.4, 0.5) is 0 Å². The fourth-order valence-electron chi connectivity index (χ4n) is 2.38. The second-order valence-electron chi connectivity index (χ2n) is 5.40. The predicted octanol–water partition coefficient (Wildman–Crippen LogP) is 2.79. The molecule has 0 saturated heterocycles. The van der Waals surface area contributed by atoms with Gasteiger partial charge in [0.1, 0.15) is 0 Å². The highest BCUT2D eigenvalue weighted by Crippen LogP contribution is 2.27. The highest BCUT2D eigenvalue weighted by Gasteiger charge is 2.23. The van der Waals surface area contributed by atoms with E-state index < -0.39 is 9.05 Å². The molecule has 0 N–H and O–H groups in total. The van der Waals surface area contributed by atoms with Gasteiger partial charge >= 0.3 is 0 Å². The zero-order chi connectivity index (χ0) is 14.9. The number of amides is 1. The van der Waals surface area contributed by atoms with Crippen LogP contribution in [-0.4, -0.2) is 32.8 Å². The maximum atomic E-state index is 12.3. The standard InChI is InChI=1S/C14H18ClNO3S/c1-10-8-12(20(15,18)19)6-7-13(10)14(17)16(2)9-11-4-3-5-11/h6-8,11H,3-5,9H2,1-2H3. The normalized spacial score (nSPS) is 15.8. The third kappa shape index (κ3) is 3.33. The van der Waals surface area contributed by atoms with Gasteiger partial charge in [0.25, 0.3) is 15.0 Å². The van der Waals surface area contributed by atoms with E-state index in [1.165, 1.54) is 37.5 Å². The Labute approximate surface area is 124 Å². The molecule has 1 aromatic rings. The highest BCUT2D eigenvalue weighted by molar-refractivity contribution is 8.13. The van der Waals surface area contributed by atoms with Gasteiger partial charge in [-0.15, -0.1) is 0 Å². The van der Waals surface area contributed by atoms with Gasteiger partial charge in [-0.1, -0.05) is 6.42 Å². The zero-order valence-electron chi connectivity index (χ0n) is 11.6. The molecule has 1 aliphatic rings. The van der Waals surface area contributed by atoms with Crippen LogP contribution in [-0.2, 0) is 9.05 Å². The molecule has 6 heteroatoms. The van der Waals surface area contributed by atoms with Crippen molar-refractivity contribution in [2.24, 2.45) is 5.92 Å². The monoisotopic (exact) mass is 315 g/mol. The van der Waals surface area contributed by atoms with Gasteiger partial charge in [0.05, 0.1) is 4.90 Å². The van der Waals surface area contributed by atoms with Crippen molar-refractivity contribution in [2.45, 2.75) is 31.1 Å². The minimum absolute atomic E-state index is 0.0230. The first-order chi connectivity index (χ1) is 9.29. The van der Waals surface area contributed by atoms with Crippen molar-refractivity contribution in [2.75, 3.05) is 13.6 Å². The molecule has 1 aliphatic carbocycles. The number of hydrogen-bond acceptors (Lipinski definition) is 3. The molecule has 4 nitrogen and oxygen atoms in total. The Morgan fingerprint density at radius 2 is 2.05 bits per heavy atom. The van der Waals surface area contributed by atoms with Gasteiger partial charge in [-0.25, -0.2) is 8.42 Å². The van der Waals surface area contributed by atoms with Gasteiger partial charge in [-0.2, -0.15) is 0 Å². The molecule has 1 fully saturated rings. The van der Waals surface area contributed by atoms with Crippen LogP contribution in [0, 0.1) is 12.8 Å². The average molecular weight is 316 g/mol. The summed E-state index contributed by atoms with van der Waals surface area (Å²) in [6.45, 7) is 2.48. The van der Waals surface area contributed by atoms with Crippen molar-refractivity contribution in [3.8, 4) is 0 Å². The topological polar surface area (TPSA) is 54.5 Å². The van der Waals surface area contributed by atoms with E-state index in [2.05, 4.69) is 0 Å². The van der Waals surface area contributed by atoms with Gasteiger partial charge in [0, 0.05) is 29.8 Å². The number of carbonyl (C=O) groups is 1.